The van der Waals surface area contributed by atoms with E-state index < -0.39 is 16.5 Å². The molecule has 1 aliphatic rings. The molecule has 3 rings (SSSR count). The van der Waals surface area contributed by atoms with Crippen LogP contribution >= 0.6 is 24.2 Å². The highest BCUT2D eigenvalue weighted by molar-refractivity contribution is 7.83. The fourth-order valence-electron chi connectivity index (χ4n) is 2.31. The van der Waals surface area contributed by atoms with Crippen molar-refractivity contribution in [3.8, 4) is 6.07 Å². The summed E-state index contributed by atoms with van der Waals surface area (Å²) in [5, 5.41) is 9.68. The lowest BCUT2D eigenvalue weighted by Gasteiger charge is -2.35. The molecule has 0 amide bonds. The smallest absolute Gasteiger partial charge is 0.127 e. The molecular weight excluding hydrogens is 328 g/mol. The molecule has 2 aromatic rings. The van der Waals surface area contributed by atoms with Crippen molar-refractivity contribution in [2.24, 2.45) is 0 Å². The molecule has 2 aromatic heterocycles. The highest BCUT2D eigenvalue weighted by Gasteiger charge is 2.38. The second-order valence-corrected chi connectivity index (χ2v) is 6.97. The molecule has 0 bridgehead atoms. The largest absolute Gasteiger partial charge is 0.300 e. The lowest BCUT2D eigenvalue weighted by Crippen LogP contribution is -2.50. The summed E-state index contributed by atoms with van der Waals surface area (Å²) in [4.78, 5) is 4.75. The Bertz CT molecular complexity index is 763. The van der Waals surface area contributed by atoms with E-state index in [0.717, 1.165) is 30.6 Å². The van der Waals surface area contributed by atoms with Crippen LogP contribution in [0, 0.1) is 11.3 Å². The quantitative estimate of drug-likeness (QED) is 0.840. The Hall–Kier alpha value is -1.07. The summed E-state index contributed by atoms with van der Waals surface area (Å²) in [6, 6.07) is 3.86. The third kappa shape index (κ3) is 2.57. The average molecular weight is 341 g/mol. The highest BCUT2D eigenvalue weighted by atomic mass is 35.5. The van der Waals surface area contributed by atoms with Crippen molar-refractivity contribution in [3.05, 3.63) is 29.3 Å². The van der Waals surface area contributed by atoms with Crippen LogP contribution in [0.3, 0.4) is 0 Å². The Morgan fingerprint density at radius 1 is 1.62 bits per heavy atom. The molecule has 1 fully saturated rings. The molecule has 0 radical (unpaired) electrons. The number of nitriles is 1. The maximum absolute atomic E-state index is 12.5. The Morgan fingerprint density at radius 3 is 2.95 bits per heavy atom. The first-order valence-corrected chi connectivity index (χ1v) is 8.62. The molecule has 2 heterocycles. The van der Waals surface area contributed by atoms with Gasteiger partial charge in [-0.1, -0.05) is 11.6 Å². The zero-order valence-corrected chi connectivity index (χ0v) is 13.5. The minimum Gasteiger partial charge on any atom is -0.300 e. The number of hydrogen-bond acceptors (Lipinski definition) is 4. The molecule has 0 saturated heterocycles. The van der Waals surface area contributed by atoms with Crippen molar-refractivity contribution in [2.75, 3.05) is 0 Å². The van der Waals surface area contributed by atoms with Crippen LogP contribution < -0.4 is 4.72 Å². The Morgan fingerprint density at radius 2 is 2.38 bits per heavy atom. The van der Waals surface area contributed by atoms with Crippen LogP contribution in [0.4, 0.5) is 0 Å². The number of fused-ring (bicyclic) bond motifs is 1. The minimum atomic E-state index is -1.49. The van der Waals surface area contributed by atoms with Gasteiger partial charge >= 0.3 is 0 Å². The molecule has 21 heavy (non-hydrogen) atoms. The van der Waals surface area contributed by atoms with Gasteiger partial charge in [-0.3, -0.25) is 0 Å². The zero-order chi connectivity index (χ0) is 15.0. The number of aromatic nitrogens is 2. The molecule has 0 aromatic carbocycles. The first-order valence-electron chi connectivity index (χ1n) is 6.46. The first kappa shape index (κ1) is 14.9. The van der Waals surface area contributed by atoms with Crippen LogP contribution in [0.15, 0.2) is 23.4 Å². The van der Waals surface area contributed by atoms with Crippen LogP contribution in [0.5, 0.6) is 0 Å². The molecule has 0 spiro atoms. The van der Waals surface area contributed by atoms with Gasteiger partial charge in [0.2, 0.25) is 0 Å². The van der Waals surface area contributed by atoms with Crippen molar-refractivity contribution in [3.63, 3.8) is 0 Å². The van der Waals surface area contributed by atoms with Gasteiger partial charge in [0.25, 0.3) is 0 Å². The standard InChI is InChI=1S/C13H13ClN4OS2/c14-10-4-9(6-18-11(10)5-16-12(18)7-20)21(19)17-13(8-15)2-1-3-13/h4-6,17,20H,1-3,7H2. The molecule has 1 atom stereocenters. The molecule has 8 heteroatoms. The Kier molecular flexibility index (Phi) is 3.97. The van der Waals surface area contributed by atoms with Gasteiger partial charge in [-0.2, -0.15) is 17.9 Å². The molecule has 0 aliphatic heterocycles. The van der Waals surface area contributed by atoms with Gasteiger partial charge in [0.05, 0.1) is 27.7 Å². The number of imidazole rings is 1. The van der Waals surface area contributed by atoms with E-state index >= 15 is 0 Å². The van der Waals surface area contributed by atoms with Gasteiger partial charge in [-0.25, -0.2) is 13.9 Å². The summed E-state index contributed by atoms with van der Waals surface area (Å²) in [7, 11) is -1.49. The van der Waals surface area contributed by atoms with Crippen molar-refractivity contribution < 1.29 is 4.21 Å². The average Bonchev–Trinajstić information content (AvgIpc) is 2.86. The number of thiol groups is 1. The summed E-state index contributed by atoms with van der Waals surface area (Å²) in [6.07, 6.45) is 5.81. The van der Waals surface area contributed by atoms with E-state index in [-0.39, 0.29) is 0 Å². The number of nitrogens with zero attached hydrogens (tertiary/aromatic N) is 3. The Balaban J connectivity index is 1.96. The summed E-state index contributed by atoms with van der Waals surface area (Å²) in [5.41, 5.74) is 0.0771. The fourth-order valence-corrected chi connectivity index (χ4v) is 4.01. The van der Waals surface area contributed by atoms with E-state index in [1.807, 2.05) is 0 Å². The Labute approximate surface area is 135 Å². The first-order chi connectivity index (χ1) is 10.1. The summed E-state index contributed by atoms with van der Waals surface area (Å²) >= 11 is 10.4. The molecule has 5 nitrogen and oxygen atoms in total. The van der Waals surface area contributed by atoms with Gasteiger partial charge in [0.1, 0.15) is 22.3 Å². The van der Waals surface area contributed by atoms with Gasteiger partial charge < -0.3 is 4.40 Å². The predicted octanol–water partition coefficient (Wildman–Crippen LogP) is 2.48. The van der Waals surface area contributed by atoms with Crippen LogP contribution in [-0.4, -0.2) is 19.1 Å². The minimum absolute atomic E-state index is 0.455. The second kappa shape index (κ2) is 5.61. The van der Waals surface area contributed by atoms with Crippen molar-refractivity contribution >= 4 is 40.7 Å². The summed E-state index contributed by atoms with van der Waals surface area (Å²) in [6.45, 7) is 0. The monoisotopic (exact) mass is 340 g/mol. The number of nitrogens with one attached hydrogen (secondary N) is 1. The fraction of sp³-hybridized carbons (Fsp3) is 0.385. The molecule has 110 valence electrons. The zero-order valence-electron chi connectivity index (χ0n) is 11.0. The second-order valence-electron chi connectivity index (χ2n) is 5.03. The summed E-state index contributed by atoms with van der Waals surface area (Å²) in [5.74, 6) is 1.18. The van der Waals surface area contributed by atoms with Crippen LogP contribution in [0.25, 0.3) is 5.52 Å². The maximum Gasteiger partial charge on any atom is 0.127 e. The van der Waals surface area contributed by atoms with E-state index in [9.17, 15) is 9.47 Å². The van der Waals surface area contributed by atoms with E-state index in [0.29, 0.717) is 15.7 Å². The highest BCUT2D eigenvalue weighted by Crippen LogP contribution is 2.32. The topological polar surface area (TPSA) is 70.2 Å². The van der Waals surface area contributed by atoms with Gasteiger partial charge in [-0.15, -0.1) is 0 Å². The number of pyridine rings is 1. The number of rotatable bonds is 4. The number of halogens is 1. The van der Waals surface area contributed by atoms with Crippen LogP contribution in [-0.2, 0) is 16.7 Å². The van der Waals surface area contributed by atoms with Gasteiger partial charge in [0.15, 0.2) is 0 Å². The van der Waals surface area contributed by atoms with Crippen LogP contribution in [0.2, 0.25) is 5.02 Å². The SMILES string of the molecule is N#CC1(NS(=O)c2cc(Cl)c3cnc(CS)n3c2)CCC1. The third-order valence-corrected chi connectivity index (χ3v) is 5.52. The molecule has 1 unspecified atom stereocenters. The number of hydrogen-bond donors (Lipinski definition) is 2. The van der Waals surface area contributed by atoms with Gasteiger partial charge in [-0.05, 0) is 25.3 Å². The molecule has 1 saturated carbocycles. The van der Waals surface area contributed by atoms with Crippen molar-refractivity contribution in [2.45, 2.75) is 35.4 Å². The molecular formula is C13H13ClN4OS2. The summed E-state index contributed by atoms with van der Waals surface area (Å²) < 4.78 is 17.2. The maximum atomic E-state index is 12.5. The van der Waals surface area contributed by atoms with E-state index in [1.165, 1.54) is 0 Å². The predicted molar refractivity (Wildman–Crippen MR) is 84.6 cm³/mol. The normalized spacial score (nSPS) is 18.1. The van der Waals surface area contributed by atoms with Crippen molar-refractivity contribution in [1.29, 1.82) is 5.26 Å². The molecule has 1 aliphatic carbocycles. The molecule has 1 N–H and O–H groups in total. The van der Waals surface area contributed by atoms with E-state index in [1.54, 1.807) is 22.9 Å². The third-order valence-electron chi connectivity index (χ3n) is 3.71. The van der Waals surface area contributed by atoms with Gasteiger partial charge in [0, 0.05) is 11.9 Å². The van der Waals surface area contributed by atoms with Crippen molar-refractivity contribution in [1.82, 2.24) is 14.1 Å². The lowest BCUT2D eigenvalue weighted by molar-refractivity contribution is 0.301. The lowest BCUT2D eigenvalue weighted by atomic mass is 9.79. The van der Waals surface area contributed by atoms with Crippen LogP contribution in [0.1, 0.15) is 25.1 Å². The van der Waals surface area contributed by atoms with E-state index in [2.05, 4.69) is 28.4 Å². The van der Waals surface area contributed by atoms with E-state index in [4.69, 9.17) is 11.6 Å².